The zero-order chi connectivity index (χ0) is 20.6. The highest BCUT2D eigenvalue weighted by Crippen LogP contribution is 2.14. The summed E-state index contributed by atoms with van der Waals surface area (Å²) in [5.74, 6) is 1.65. The van der Waals surface area contributed by atoms with Crippen molar-refractivity contribution in [3.63, 3.8) is 0 Å². The lowest BCUT2D eigenvalue weighted by molar-refractivity contribution is 0.198. The number of halogens is 1. The normalized spacial score (nSPS) is 15.3. The van der Waals surface area contributed by atoms with Gasteiger partial charge in [-0.05, 0) is 42.2 Å². The summed E-state index contributed by atoms with van der Waals surface area (Å²) in [4.78, 5) is 11.3. The average molecular weight is 531 g/mol. The summed E-state index contributed by atoms with van der Waals surface area (Å²) < 4.78 is 1.76. The Morgan fingerprint density at radius 2 is 1.87 bits per heavy atom. The lowest BCUT2D eigenvalue weighted by atomic mass is 10.0. The first kappa shape index (κ1) is 23.2. The second-order valence-electron chi connectivity index (χ2n) is 7.58. The van der Waals surface area contributed by atoms with E-state index in [9.17, 15) is 0 Å². The highest BCUT2D eigenvalue weighted by atomic mass is 127. The predicted octanol–water partition coefficient (Wildman–Crippen LogP) is 3.21. The van der Waals surface area contributed by atoms with Crippen LogP contribution in [0.2, 0.25) is 0 Å². The van der Waals surface area contributed by atoms with E-state index in [-0.39, 0.29) is 24.0 Å². The molecule has 4 rings (SSSR count). The molecule has 1 aromatic carbocycles. The van der Waals surface area contributed by atoms with Crippen molar-refractivity contribution >= 4 is 29.9 Å². The second-order valence-corrected chi connectivity index (χ2v) is 7.58. The van der Waals surface area contributed by atoms with Crippen LogP contribution < -0.4 is 10.6 Å². The van der Waals surface area contributed by atoms with Crippen LogP contribution in [0.15, 0.2) is 72.1 Å². The van der Waals surface area contributed by atoms with Crippen molar-refractivity contribution < 1.29 is 0 Å². The Balaban J connectivity index is 0.00000272. The molecule has 164 valence electrons. The number of piperidine rings is 1. The topological polar surface area (TPSA) is 70.4 Å². The Morgan fingerprint density at radius 3 is 2.58 bits per heavy atom. The van der Waals surface area contributed by atoms with E-state index in [4.69, 9.17) is 0 Å². The molecule has 31 heavy (non-hydrogen) atoms. The van der Waals surface area contributed by atoms with Gasteiger partial charge in [0.2, 0.25) is 0 Å². The van der Waals surface area contributed by atoms with Gasteiger partial charge in [-0.3, -0.25) is 9.89 Å². The Kier molecular flexibility index (Phi) is 8.84. The quantitative estimate of drug-likeness (QED) is 0.291. The van der Waals surface area contributed by atoms with Crippen LogP contribution in [-0.4, -0.2) is 51.8 Å². The third kappa shape index (κ3) is 6.76. The van der Waals surface area contributed by atoms with E-state index >= 15 is 0 Å². The molecule has 0 radical (unpaired) electrons. The van der Waals surface area contributed by atoms with E-state index in [1.807, 2.05) is 37.6 Å². The maximum Gasteiger partial charge on any atom is 0.191 e. The number of rotatable bonds is 6. The molecule has 1 aliphatic rings. The number of benzene rings is 1. The number of aromatic nitrogens is 3. The molecule has 0 amide bonds. The van der Waals surface area contributed by atoms with Crippen LogP contribution in [0.4, 0.5) is 0 Å². The predicted molar refractivity (Wildman–Crippen MR) is 135 cm³/mol. The highest BCUT2D eigenvalue weighted by Gasteiger charge is 2.20. The molecule has 7 nitrogen and oxygen atoms in total. The van der Waals surface area contributed by atoms with Crippen LogP contribution in [-0.2, 0) is 13.1 Å². The molecule has 8 heteroatoms. The highest BCUT2D eigenvalue weighted by molar-refractivity contribution is 14.0. The third-order valence-corrected chi connectivity index (χ3v) is 5.41. The molecule has 0 spiro atoms. The molecule has 2 aromatic heterocycles. The van der Waals surface area contributed by atoms with E-state index in [1.54, 1.807) is 10.9 Å². The SMILES string of the molecule is CN=C(NCc1ccnc(-n2cccn2)c1)NC1CCN(Cc2ccccc2)CC1.I. The number of hydrogen-bond acceptors (Lipinski definition) is 4. The van der Waals surface area contributed by atoms with Gasteiger partial charge < -0.3 is 10.6 Å². The van der Waals surface area contributed by atoms with Crippen LogP contribution in [0.1, 0.15) is 24.0 Å². The molecule has 3 heterocycles. The molecule has 0 atom stereocenters. The van der Waals surface area contributed by atoms with Crippen molar-refractivity contribution in [3.05, 3.63) is 78.2 Å². The van der Waals surface area contributed by atoms with Crippen molar-refractivity contribution in [1.82, 2.24) is 30.3 Å². The maximum atomic E-state index is 4.40. The summed E-state index contributed by atoms with van der Waals surface area (Å²) in [5.41, 5.74) is 2.52. The van der Waals surface area contributed by atoms with E-state index < -0.39 is 0 Å². The first-order chi connectivity index (χ1) is 14.8. The fraction of sp³-hybridized carbons (Fsp3) is 0.348. The van der Waals surface area contributed by atoms with Gasteiger partial charge >= 0.3 is 0 Å². The minimum absolute atomic E-state index is 0. The summed E-state index contributed by atoms with van der Waals surface area (Å²) in [6.07, 6.45) is 7.69. The molecule has 1 aliphatic heterocycles. The Hall–Kier alpha value is -2.46. The average Bonchev–Trinajstić information content (AvgIpc) is 3.34. The summed E-state index contributed by atoms with van der Waals surface area (Å²) in [6, 6.07) is 17.1. The molecule has 0 saturated carbocycles. The van der Waals surface area contributed by atoms with Crippen LogP contribution in [0.3, 0.4) is 0 Å². The molecule has 0 unspecified atom stereocenters. The largest absolute Gasteiger partial charge is 0.354 e. The van der Waals surface area contributed by atoms with E-state index in [2.05, 4.69) is 60.9 Å². The number of aliphatic imine (C=N–C) groups is 1. The minimum Gasteiger partial charge on any atom is -0.354 e. The van der Waals surface area contributed by atoms with Gasteiger partial charge in [-0.1, -0.05) is 30.3 Å². The molecule has 3 aromatic rings. The number of guanidine groups is 1. The van der Waals surface area contributed by atoms with Crippen molar-refractivity contribution in [2.24, 2.45) is 4.99 Å². The molecule has 0 aliphatic carbocycles. The van der Waals surface area contributed by atoms with Crippen molar-refractivity contribution in [1.29, 1.82) is 0 Å². The number of nitrogens with zero attached hydrogens (tertiary/aromatic N) is 5. The molecule has 0 bridgehead atoms. The number of nitrogens with one attached hydrogen (secondary N) is 2. The smallest absolute Gasteiger partial charge is 0.191 e. The van der Waals surface area contributed by atoms with Gasteiger partial charge in [0.1, 0.15) is 0 Å². The molecule has 2 N–H and O–H groups in total. The van der Waals surface area contributed by atoms with Gasteiger partial charge in [0.25, 0.3) is 0 Å². The molecule has 1 fully saturated rings. The summed E-state index contributed by atoms with van der Waals surface area (Å²) in [6.45, 7) is 3.91. The Morgan fingerprint density at radius 1 is 1.06 bits per heavy atom. The van der Waals surface area contributed by atoms with Gasteiger partial charge in [0.05, 0.1) is 0 Å². The summed E-state index contributed by atoms with van der Waals surface area (Å²) in [5, 5.41) is 11.2. The summed E-state index contributed by atoms with van der Waals surface area (Å²) >= 11 is 0. The van der Waals surface area contributed by atoms with E-state index in [0.717, 1.165) is 49.8 Å². The fourth-order valence-electron chi connectivity index (χ4n) is 3.75. The van der Waals surface area contributed by atoms with Crippen molar-refractivity contribution in [2.45, 2.75) is 32.0 Å². The second kappa shape index (κ2) is 11.8. The van der Waals surface area contributed by atoms with Gasteiger partial charge in [-0.15, -0.1) is 24.0 Å². The zero-order valence-corrected chi connectivity index (χ0v) is 20.1. The van der Waals surface area contributed by atoms with Crippen LogP contribution in [0.25, 0.3) is 5.82 Å². The molecular weight excluding hydrogens is 501 g/mol. The maximum absolute atomic E-state index is 4.40. The molecule has 1 saturated heterocycles. The number of pyridine rings is 1. The van der Waals surface area contributed by atoms with Gasteiger partial charge in [-0.2, -0.15) is 5.10 Å². The lowest BCUT2D eigenvalue weighted by Crippen LogP contribution is -2.48. The van der Waals surface area contributed by atoms with E-state index in [0.29, 0.717) is 12.6 Å². The zero-order valence-electron chi connectivity index (χ0n) is 17.8. The minimum atomic E-state index is 0. The monoisotopic (exact) mass is 531 g/mol. The first-order valence-electron chi connectivity index (χ1n) is 10.5. The number of hydrogen-bond donors (Lipinski definition) is 2. The van der Waals surface area contributed by atoms with Gasteiger partial charge in [0, 0.05) is 57.9 Å². The number of likely N-dealkylation sites (tertiary alicyclic amines) is 1. The lowest BCUT2D eigenvalue weighted by Gasteiger charge is -2.33. The first-order valence-corrected chi connectivity index (χ1v) is 10.5. The van der Waals surface area contributed by atoms with Crippen LogP contribution >= 0.6 is 24.0 Å². The fourth-order valence-corrected chi connectivity index (χ4v) is 3.75. The summed E-state index contributed by atoms with van der Waals surface area (Å²) in [7, 11) is 1.82. The van der Waals surface area contributed by atoms with Gasteiger partial charge in [0.15, 0.2) is 11.8 Å². The Labute approximate surface area is 201 Å². The van der Waals surface area contributed by atoms with Crippen molar-refractivity contribution in [2.75, 3.05) is 20.1 Å². The van der Waals surface area contributed by atoms with Crippen LogP contribution in [0.5, 0.6) is 0 Å². The standard InChI is InChI=1S/C23H29N7.HI/c1-24-23(26-17-20-8-12-25-22(16-20)30-13-5-11-27-30)28-21-9-14-29(15-10-21)18-19-6-3-2-4-7-19;/h2-8,11-13,16,21H,9-10,14-15,17-18H2,1H3,(H2,24,26,28);1H. The molecular formula is C23H30IN7. The Bertz CT molecular complexity index is 936. The third-order valence-electron chi connectivity index (χ3n) is 5.41. The van der Waals surface area contributed by atoms with Gasteiger partial charge in [-0.25, -0.2) is 9.67 Å². The van der Waals surface area contributed by atoms with Crippen molar-refractivity contribution in [3.8, 4) is 5.82 Å². The van der Waals surface area contributed by atoms with Crippen LogP contribution in [0, 0.1) is 0 Å². The van der Waals surface area contributed by atoms with E-state index in [1.165, 1.54) is 5.56 Å².